The predicted molar refractivity (Wildman–Crippen MR) is 48.2 cm³/mol. The molecule has 1 aliphatic rings. The molecule has 0 saturated heterocycles. The second-order valence-electron chi connectivity index (χ2n) is 3.63. The summed E-state index contributed by atoms with van der Waals surface area (Å²) < 4.78 is 24.1. The Balaban J connectivity index is 2.32. The van der Waals surface area contributed by atoms with Crippen molar-refractivity contribution in [3.05, 3.63) is 0 Å². The normalized spacial score (nSPS) is 20.8. The predicted octanol–water partition coefficient (Wildman–Crippen LogP) is -0.335. The molecular formula is C7H16N2O2S. The van der Waals surface area contributed by atoms with Crippen LogP contribution in [0, 0.1) is 5.41 Å². The maximum atomic E-state index is 10.8. The lowest BCUT2D eigenvalue weighted by Crippen LogP contribution is -2.30. The summed E-state index contributed by atoms with van der Waals surface area (Å²) in [6, 6.07) is 0. The van der Waals surface area contributed by atoms with E-state index in [9.17, 15) is 8.42 Å². The van der Waals surface area contributed by atoms with Crippen LogP contribution in [0.3, 0.4) is 0 Å². The Morgan fingerprint density at radius 3 is 2.42 bits per heavy atom. The fourth-order valence-electron chi connectivity index (χ4n) is 1.28. The van der Waals surface area contributed by atoms with Crippen molar-refractivity contribution in [1.82, 2.24) is 4.72 Å². The molecule has 1 rings (SSSR count). The Morgan fingerprint density at radius 1 is 1.50 bits per heavy atom. The molecule has 3 N–H and O–H groups in total. The van der Waals surface area contributed by atoms with Crippen molar-refractivity contribution < 1.29 is 8.42 Å². The quantitative estimate of drug-likeness (QED) is 0.626. The van der Waals surface area contributed by atoms with Gasteiger partial charge in [-0.2, -0.15) is 0 Å². The lowest BCUT2D eigenvalue weighted by molar-refractivity contribution is 0.462. The van der Waals surface area contributed by atoms with Gasteiger partial charge in [0.1, 0.15) is 0 Å². The highest BCUT2D eigenvalue weighted by atomic mass is 32.2. The fraction of sp³-hybridized carbons (Fsp3) is 1.00. The zero-order chi connectivity index (χ0) is 9.24. The molecule has 1 saturated carbocycles. The van der Waals surface area contributed by atoms with Gasteiger partial charge in [-0.1, -0.05) is 0 Å². The van der Waals surface area contributed by atoms with Crippen LogP contribution in [0.1, 0.15) is 19.3 Å². The van der Waals surface area contributed by atoms with Gasteiger partial charge in [0.2, 0.25) is 10.0 Å². The molecule has 0 unspecified atom stereocenters. The highest BCUT2D eigenvalue weighted by molar-refractivity contribution is 7.88. The zero-order valence-electron chi connectivity index (χ0n) is 7.34. The lowest BCUT2D eigenvalue weighted by atomic mass is 10.0. The summed E-state index contributed by atoms with van der Waals surface area (Å²) in [4.78, 5) is 0. The van der Waals surface area contributed by atoms with Crippen LogP contribution in [0.15, 0.2) is 0 Å². The second-order valence-corrected chi connectivity index (χ2v) is 5.46. The molecule has 5 heteroatoms. The van der Waals surface area contributed by atoms with E-state index in [2.05, 4.69) is 4.72 Å². The maximum Gasteiger partial charge on any atom is 0.208 e. The molecule has 1 aliphatic carbocycles. The molecule has 0 spiro atoms. The van der Waals surface area contributed by atoms with Crippen LogP contribution in [0.2, 0.25) is 0 Å². The van der Waals surface area contributed by atoms with Gasteiger partial charge in [-0.25, -0.2) is 13.1 Å². The van der Waals surface area contributed by atoms with E-state index >= 15 is 0 Å². The van der Waals surface area contributed by atoms with Gasteiger partial charge in [0.25, 0.3) is 0 Å². The molecule has 12 heavy (non-hydrogen) atoms. The number of rotatable bonds is 5. The number of hydrogen-bond acceptors (Lipinski definition) is 3. The summed E-state index contributed by atoms with van der Waals surface area (Å²) >= 11 is 0. The highest BCUT2D eigenvalue weighted by Gasteiger charge is 2.41. The van der Waals surface area contributed by atoms with E-state index < -0.39 is 10.0 Å². The van der Waals surface area contributed by atoms with E-state index in [-0.39, 0.29) is 5.41 Å². The van der Waals surface area contributed by atoms with Crippen LogP contribution >= 0.6 is 0 Å². The Hall–Kier alpha value is -0.130. The minimum atomic E-state index is -3.03. The summed E-state index contributed by atoms with van der Waals surface area (Å²) in [5.74, 6) is 0. The third-order valence-corrected chi connectivity index (χ3v) is 3.01. The molecule has 0 amide bonds. The third-order valence-electron chi connectivity index (χ3n) is 2.34. The highest BCUT2D eigenvalue weighted by Crippen LogP contribution is 2.47. The van der Waals surface area contributed by atoms with Crippen LogP contribution in [0.5, 0.6) is 0 Å². The number of nitrogens with two attached hydrogens (primary N) is 1. The van der Waals surface area contributed by atoms with Crippen LogP contribution in [-0.4, -0.2) is 27.8 Å². The maximum absolute atomic E-state index is 10.8. The van der Waals surface area contributed by atoms with Crippen molar-refractivity contribution in [3.8, 4) is 0 Å². The molecule has 0 aromatic carbocycles. The van der Waals surface area contributed by atoms with Crippen molar-refractivity contribution in [1.29, 1.82) is 0 Å². The van der Waals surface area contributed by atoms with Crippen molar-refractivity contribution in [3.63, 3.8) is 0 Å². The number of sulfonamides is 1. The van der Waals surface area contributed by atoms with E-state index in [1.807, 2.05) is 0 Å². The van der Waals surface area contributed by atoms with E-state index in [1.54, 1.807) is 0 Å². The first-order chi connectivity index (χ1) is 5.47. The Bertz CT molecular complexity index is 244. The Labute approximate surface area is 73.6 Å². The van der Waals surface area contributed by atoms with Gasteiger partial charge in [0.05, 0.1) is 6.26 Å². The minimum Gasteiger partial charge on any atom is -0.330 e. The monoisotopic (exact) mass is 192 g/mol. The fourth-order valence-corrected chi connectivity index (χ4v) is 1.85. The summed E-state index contributed by atoms with van der Waals surface area (Å²) in [6.45, 7) is 1.20. The first-order valence-corrected chi connectivity index (χ1v) is 6.01. The molecular weight excluding hydrogens is 176 g/mol. The smallest absolute Gasteiger partial charge is 0.208 e. The molecule has 0 heterocycles. The first-order valence-electron chi connectivity index (χ1n) is 4.12. The van der Waals surface area contributed by atoms with Gasteiger partial charge in [0.15, 0.2) is 0 Å². The third kappa shape index (κ3) is 3.08. The van der Waals surface area contributed by atoms with Crippen molar-refractivity contribution >= 4 is 10.0 Å². The summed E-state index contributed by atoms with van der Waals surface area (Å²) in [5, 5.41) is 0. The summed E-state index contributed by atoms with van der Waals surface area (Å²) in [6.07, 6.45) is 4.32. The molecule has 4 nitrogen and oxygen atoms in total. The van der Waals surface area contributed by atoms with Gasteiger partial charge in [-0.05, 0) is 31.2 Å². The molecule has 0 aliphatic heterocycles. The van der Waals surface area contributed by atoms with Crippen LogP contribution in [0.25, 0.3) is 0 Å². The molecule has 0 radical (unpaired) electrons. The number of hydrogen-bond donors (Lipinski definition) is 2. The molecule has 0 aromatic heterocycles. The minimum absolute atomic E-state index is 0.192. The number of nitrogens with one attached hydrogen (secondary N) is 1. The van der Waals surface area contributed by atoms with Gasteiger partial charge < -0.3 is 5.73 Å². The first kappa shape index (κ1) is 9.95. The van der Waals surface area contributed by atoms with Crippen LogP contribution in [-0.2, 0) is 10.0 Å². The summed E-state index contributed by atoms with van der Waals surface area (Å²) in [5.41, 5.74) is 5.61. The molecule has 72 valence electrons. The zero-order valence-corrected chi connectivity index (χ0v) is 8.15. The molecule has 0 aromatic rings. The summed E-state index contributed by atoms with van der Waals surface area (Å²) in [7, 11) is -3.03. The van der Waals surface area contributed by atoms with E-state index in [4.69, 9.17) is 5.73 Å². The SMILES string of the molecule is CS(=O)(=O)NCC1(CCN)CC1. The van der Waals surface area contributed by atoms with Gasteiger partial charge in [-0.3, -0.25) is 0 Å². The standard InChI is InChI=1S/C7H16N2O2S/c1-12(10,11)9-6-7(2-3-7)4-5-8/h9H,2-6,8H2,1H3. The topological polar surface area (TPSA) is 72.2 Å². The van der Waals surface area contributed by atoms with Crippen molar-refractivity contribution in [2.24, 2.45) is 11.1 Å². The van der Waals surface area contributed by atoms with E-state index in [1.165, 1.54) is 6.26 Å². The largest absolute Gasteiger partial charge is 0.330 e. The molecule has 0 atom stereocenters. The molecule has 1 fully saturated rings. The van der Waals surface area contributed by atoms with Crippen molar-refractivity contribution in [2.75, 3.05) is 19.3 Å². The van der Waals surface area contributed by atoms with Crippen molar-refractivity contribution in [2.45, 2.75) is 19.3 Å². The Morgan fingerprint density at radius 2 is 2.08 bits per heavy atom. The average molecular weight is 192 g/mol. The van der Waals surface area contributed by atoms with Crippen LogP contribution < -0.4 is 10.5 Å². The Kier molecular flexibility index (Phi) is 2.75. The van der Waals surface area contributed by atoms with Gasteiger partial charge in [-0.15, -0.1) is 0 Å². The average Bonchev–Trinajstić information content (AvgIpc) is 2.65. The van der Waals surface area contributed by atoms with E-state index in [0.29, 0.717) is 13.1 Å². The van der Waals surface area contributed by atoms with Gasteiger partial charge >= 0.3 is 0 Å². The van der Waals surface area contributed by atoms with E-state index in [0.717, 1.165) is 19.3 Å². The lowest BCUT2D eigenvalue weighted by Gasteiger charge is -2.13. The second kappa shape index (κ2) is 3.32. The molecule has 0 bridgehead atoms. The van der Waals surface area contributed by atoms with Crippen LogP contribution in [0.4, 0.5) is 0 Å². The van der Waals surface area contributed by atoms with Gasteiger partial charge in [0, 0.05) is 6.54 Å².